The Labute approximate surface area is 206 Å². The number of aliphatic carboxylic acids is 1. The summed E-state index contributed by atoms with van der Waals surface area (Å²) in [5.74, 6) is 1.39. The number of rotatable bonds is 11. The number of methoxy groups -OCH3 is 1. The Morgan fingerprint density at radius 2 is 2.09 bits per heavy atom. The van der Waals surface area contributed by atoms with Gasteiger partial charge in [0.1, 0.15) is 11.6 Å². The number of carbonyl (C=O) groups is 1. The monoisotopic (exact) mass is 488 g/mol. The quantitative estimate of drug-likeness (QED) is 0.432. The topological polar surface area (TPSA) is 62.7 Å². The third-order valence-electron chi connectivity index (χ3n) is 7.61. The van der Waals surface area contributed by atoms with Crippen molar-refractivity contribution in [3.8, 4) is 5.75 Å². The summed E-state index contributed by atoms with van der Waals surface area (Å²) in [4.78, 5) is 18.2. The summed E-state index contributed by atoms with van der Waals surface area (Å²) in [7, 11) is 1.61. The Kier molecular flexibility index (Phi) is 9.06. The summed E-state index contributed by atoms with van der Waals surface area (Å²) in [6.45, 7) is 2.96. The largest absolute Gasteiger partial charge is 0.497 e. The SMILES string of the molecule is COc1ccc2ncc(F)c(CCC[C@@H]3CCN(CCSC4CCCC4)C[C@H]3CC(=O)O)c2c1. The number of nitrogens with zero attached hydrogens (tertiary/aromatic N) is 2. The predicted molar refractivity (Wildman–Crippen MR) is 136 cm³/mol. The highest BCUT2D eigenvalue weighted by Crippen LogP contribution is 2.33. The van der Waals surface area contributed by atoms with E-state index in [0.717, 1.165) is 60.8 Å². The van der Waals surface area contributed by atoms with Gasteiger partial charge in [0.25, 0.3) is 0 Å². The maximum absolute atomic E-state index is 14.7. The zero-order chi connectivity index (χ0) is 23.9. The van der Waals surface area contributed by atoms with Crippen LogP contribution in [0.1, 0.15) is 56.9 Å². The number of fused-ring (bicyclic) bond motifs is 1. The fraction of sp³-hybridized carbons (Fsp3) is 0.630. The van der Waals surface area contributed by atoms with Crippen LogP contribution >= 0.6 is 11.8 Å². The molecule has 186 valence electrons. The minimum absolute atomic E-state index is 0.168. The molecule has 2 aromatic rings. The number of likely N-dealkylation sites (tertiary alicyclic amines) is 1. The average molecular weight is 489 g/mol. The molecular formula is C27H37FN2O3S. The average Bonchev–Trinajstić information content (AvgIpc) is 3.34. The van der Waals surface area contributed by atoms with Crippen LogP contribution in [0.15, 0.2) is 24.4 Å². The van der Waals surface area contributed by atoms with Crippen LogP contribution in [0, 0.1) is 17.7 Å². The molecule has 0 unspecified atom stereocenters. The van der Waals surface area contributed by atoms with Gasteiger partial charge < -0.3 is 14.7 Å². The number of aromatic nitrogens is 1. The van der Waals surface area contributed by atoms with E-state index < -0.39 is 5.97 Å². The van der Waals surface area contributed by atoms with Gasteiger partial charge in [0.2, 0.25) is 0 Å². The number of aryl methyl sites for hydroxylation is 1. The van der Waals surface area contributed by atoms with Crippen molar-refractivity contribution in [1.82, 2.24) is 9.88 Å². The van der Waals surface area contributed by atoms with E-state index in [2.05, 4.69) is 21.6 Å². The fourth-order valence-electron chi connectivity index (χ4n) is 5.72. The van der Waals surface area contributed by atoms with Crippen molar-refractivity contribution in [1.29, 1.82) is 0 Å². The molecule has 0 bridgehead atoms. The summed E-state index contributed by atoms with van der Waals surface area (Å²) in [5.41, 5.74) is 1.45. The Balaban J connectivity index is 1.33. The molecule has 2 fully saturated rings. The zero-order valence-electron chi connectivity index (χ0n) is 20.2. The van der Waals surface area contributed by atoms with Crippen molar-refractivity contribution >= 4 is 28.6 Å². The Bertz CT molecular complexity index is 966. The summed E-state index contributed by atoms with van der Waals surface area (Å²) >= 11 is 2.10. The normalized spacial score (nSPS) is 21.8. The van der Waals surface area contributed by atoms with Crippen LogP contribution in [-0.4, -0.2) is 58.7 Å². The molecule has 1 aromatic carbocycles. The van der Waals surface area contributed by atoms with Gasteiger partial charge in [-0.25, -0.2) is 4.39 Å². The number of carboxylic acids is 1. The van der Waals surface area contributed by atoms with Gasteiger partial charge in [0.05, 0.1) is 18.8 Å². The first-order valence-electron chi connectivity index (χ1n) is 12.7. The molecule has 1 aromatic heterocycles. The molecule has 0 radical (unpaired) electrons. The van der Waals surface area contributed by atoms with Crippen LogP contribution in [0.2, 0.25) is 0 Å². The number of hydrogen-bond acceptors (Lipinski definition) is 5. The second kappa shape index (κ2) is 12.2. The molecule has 1 N–H and O–H groups in total. The number of carboxylic acid groups (broad SMARTS) is 1. The number of piperidine rings is 1. The van der Waals surface area contributed by atoms with Crippen LogP contribution in [0.3, 0.4) is 0 Å². The number of benzene rings is 1. The maximum atomic E-state index is 14.7. The molecule has 5 nitrogen and oxygen atoms in total. The first-order valence-corrected chi connectivity index (χ1v) is 13.7. The van der Waals surface area contributed by atoms with Crippen molar-refractivity contribution in [2.24, 2.45) is 11.8 Å². The molecule has 0 amide bonds. The van der Waals surface area contributed by atoms with Gasteiger partial charge >= 0.3 is 5.97 Å². The van der Waals surface area contributed by atoms with Crippen LogP contribution < -0.4 is 4.74 Å². The highest BCUT2D eigenvalue weighted by Gasteiger charge is 2.30. The molecule has 2 aliphatic rings. The number of thioether (sulfide) groups is 1. The lowest BCUT2D eigenvalue weighted by Crippen LogP contribution is -2.42. The van der Waals surface area contributed by atoms with Gasteiger partial charge in [0.15, 0.2) is 0 Å². The van der Waals surface area contributed by atoms with E-state index in [1.54, 1.807) is 7.11 Å². The third kappa shape index (κ3) is 6.63. The predicted octanol–water partition coefficient (Wildman–Crippen LogP) is 5.79. The van der Waals surface area contributed by atoms with Gasteiger partial charge in [0, 0.05) is 35.9 Å². The number of pyridine rings is 1. The van der Waals surface area contributed by atoms with Gasteiger partial charge in [-0.15, -0.1) is 0 Å². The van der Waals surface area contributed by atoms with E-state index in [1.807, 2.05) is 18.2 Å². The van der Waals surface area contributed by atoms with Crippen molar-refractivity contribution in [3.63, 3.8) is 0 Å². The van der Waals surface area contributed by atoms with Crippen molar-refractivity contribution in [2.45, 2.75) is 63.0 Å². The lowest BCUT2D eigenvalue weighted by atomic mass is 9.80. The molecule has 0 spiro atoms. The lowest BCUT2D eigenvalue weighted by Gasteiger charge is -2.38. The van der Waals surface area contributed by atoms with Crippen LogP contribution in [-0.2, 0) is 11.2 Å². The van der Waals surface area contributed by atoms with Gasteiger partial charge in [-0.05, 0) is 80.7 Å². The van der Waals surface area contributed by atoms with E-state index in [1.165, 1.54) is 31.9 Å². The van der Waals surface area contributed by atoms with Crippen LogP contribution in [0.25, 0.3) is 10.9 Å². The fourth-order valence-corrected chi connectivity index (χ4v) is 7.09. The van der Waals surface area contributed by atoms with Crippen molar-refractivity contribution in [3.05, 3.63) is 35.8 Å². The number of hydrogen-bond donors (Lipinski definition) is 1. The summed E-state index contributed by atoms with van der Waals surface area (Å²) < 4.78 is 20.0. The highest BCUT2D eigenvalue weighted by atomic mass is 32.2. The first kappa shape index (κ1) is 25.2. The molecule has 4 rings (SSSR count). The van der Waals surface area contributed by atoms with E-state index in [4.69, 9.17) is 4.74 Å². The molecule has 7 heteroatoms. The molecule has 2 heterocycles. The van der Waals surface area contributed by atoms with Crippen molar-refractivity contribution in [2.75, 3.05) is 32.5 Å². The Hall–Kier alpha value is -1.86. The van der Waals surface area contributed by atoms with Gasteiger partial charge in [-0.3, -0.25) is 9.78 Å². The van der Waals surface area contributed by atoms with Crippen molar-refractivity contribution < 1.29 is 19.0 Å². The standard InChI is InChI=1S/C27H37FN2O3S/c1-33-21-9-10-26-24(16-21)23(25(28)17-29-26)8-4-5-19-11-12-30(18-20(19)15-27(31)32)13-14-34-22-6-2-3-7-22/h9-10,16-17,19-20,22H,2-8,11-15,18H2,1H3,(H,31,32)/t19-,20-/m1/s1. The number of ether oxygens (including phenoxy) is 1. The summed E-state index contributed by atoms with van der Waals surface area (Å²) in [6.07, 6.45) is 10.4. The second-order valence-electron chi connectivity index (χ2n) is 9.84. The zero-order valence-corrected chi connectivity index (χ0v) is 21.0. The Morgan fingerprint density at radius 3 is 2.85 bits per heavy atom. The summed E-state index contributed by atoms with van der Waals surface area (Å²) in [5, 5.41) is 11.1. The minimum atomic E-state index is -0.713. The lowest BCUT2D eigenvalue weighted by molar-refractivity contribution is -0.139. The van der Waals surface area contributed by atoms with E-state index >= 15 is 0 Å². The van der Waals surface area contributed by atoms with Crippen LogP contribution in [0.4, 0.5) is 4.39 Å². The van der Waals surface area contributed by atoms with E-state index in [0.29, 0.717) is 23.7 Å². The molecule has 34 heavy (non-hydrogen) atoms. The van der Waals surface area contributed by atoms with Crippen LogP contribution in [0.5, 0.6) is 5.75 Å². The maximum Gasteiger partial charge on any atom is 0.303 e. The van der Waals surface area contributed by atoms with E-state index in [9.17, 15) is 14.3 Å². The minimum Gasteiger partial charge on any atom is -0.497 e. The Morgan fingerprint density at radius 1 is 1.26 bits per heavy atom. The van der Waals surface area contributed by atoms with Gasteiger partial charge in [-0.1, -0.05) is 12.8 Å². The van der Waals surface area contributed by atoms with Gasteiger partial charge in [-0.2, -0.15) is 11.8 Å². The molecule has 1 aliphatic heterocycles. The molecule has 1 saturated carbocycles. The second-order valence-corrected chi connectivity index (χ2v) is 11.3. The first-order chi connectivity index (χ1) is 16.5. The molecular weight excluding hydrogens is 451 g/mol. The number of halogens is 1. The summed E-state index contributed by atoms with van der Waals surface area (Å²) in [6, 6.07) is 5.56. The molecule has 1 saturated heterocycles. The smallest absolute Gasteiger partial charge is 0.303 e. The van der Waals surface area contributed by atoms with E-state index in [-0.39, 0.29) is 18.2 Å². The molecule has 2 atom stereocenters. The highest BCUT2D eigenvalue weighted by molar-refractivity contribution is 7.99. The third-order valence-corrected chi connectivity index (χ3v) is 8.97. The molecule has 1 aliphatic carbocycles.